The molecule has 1 N–H and O–H groups in total. The fourth-order valence-corrected chi connectivity index (χ4v) is 3.95. The van der Waals surface area contributed by atoms with Gasteiger partial charge >= 0.3 is 0 Å². The van der Waals surface area contributed by atoms with Crippen molar-refractivity contribution < 1.29 is 13.2 Å². The van der Waals surface area contributed by atoms with E-state index < -0.39 is 10.0 Å². The van der Waals surface area contributed by atoms with E-state index in [2.05, 4.69) is 4.72 Å². The highest BCUT2D eigenvalue weighted by Gasteiger charge is 2.23. The first-order chi connectivity index (χ1) is 10.3. The van der Waals surface area contributed by atoms with Crippen LogP contribution in [0.2, 0.25) is 5.02 Å². The predicted molar refractivity (Wildman–Crippen MR) is 87.9 cm³/mol. The number of halogens is 1. The minimum atomic E-state index is -3.75. The highest BCUT2D eigenvalue weighted by molar-refractivity contribution is 7.89. The van der Waals surface area contributed by atoms with Crippen LogP contribution in [0, 0.1) is 6.92 Å². The van der Waals surface area contributed by atoms with Gasteiger partial charge in [0.05, 0.1) is 7.11 Å². The second-order valence-electron chi connectivity index (χ2n) is 4.99. The molecule has 0 bridgehead atoms. The number of aryl methyl sites for hydroxylation is 1. The van der Waals surface area contributed by atoms with Gasteiger partial charge in [-0.15, -0.1) is 0 Å². The zero-order valence-electron chi connectivity index (χ0n) is 12.6. The fourth-order valence-electron chi connectivity index (χ4n) is 2.29. The molecule has 0 saturated carbocycles. The van der Waals surface area contributed by atoms with E-state index in [0.717, 1.165) is 11.1 Å². The van der Waals surface area contributed by atoms with Gasteiger partial charge in [-0.25, -0.2) is 13.1 Å². The Kier molecular flexibility index (Phi) is 5.11. The number of sulfonamides is 1. The van der Waals surface area contributed by atoms with Gasteiger partial charge in [0.2, 0.25) is 10.0 Å². The third-order valence-corrected chi connectivity index (χ3v) is 5.20. The van der Waals surface area contributed by atoms with Crippen molar-refractivity contribution in [1.29, 1.82) is 0 Å². The molecular formula is C16H18ClNO3S. The zero-order valence-corrected chi connectivity index (χ0v) is 14.2. The molecule has 118 valence electrons. The van der Waals surface area contributed by atoms with E-state index in [1.807, 2.05) is 31.2 Å². The summed E-state index contributed by atoms with van der Waals surface area (Å²) in [7, 11) is -2.33. The Balaban J connectivity index is 2.36. The first kappa shape index (κ1) is 16.8. The maximum Gasteiger partial charge on any atom is 0.244 e. The van der Waals surface area contributed by atoms with Crippen molar-refractivity contribution in [1.82, 2.24) is 4.72 Å². The Labute approximate surface area is 136 Å². The van der Waals surface area contributed by atoms with Crippen molar-refractivity contribution in [3.05, 3.63) is 58.6 Å². The Morgan fingerprint density at radius 3 is 2.50 bits per heavy atom. The Morgan fingerprint density at radius 1 is 1.18 bits per heavy atom. The molecule has 0 amide bonds. The topological polar surface area (TPSA) is 55.4 Å². The maximum atomic E-state index is 12.6. The summed E-state index contributed by atoms with van der Waals surface area (Å²) in [5.41, 5.74) is 1.95. The van der Waals surface area contributed by atoms with Crippen LogP contribution in [-0.4, -0.2) is 15.5 Å². The van der Waals surface area contributed by atoms with Gasteiger partial charge in [0, 0.05) is 11.1 Å². The molecule has 0 saturated heterocycles. The van der Waals surface area contributed by atoms with Crippen molar-refractivity contribution in [2.75, 3.05) is 7.11 Å². The van der Waals surface area contributed by atoms with Crippen molar-refractivity contribution in [2.45, 2.75) is 24.8 Å². The van der Waals surface area contributed by atoms with E-state index in [1.165, 1.54) is 19.2 Å². The molecule has 6 heteroatoms. The van der Waals surface area contributed by atoms with Crippen LogP contribution < -0.4 is 9.46 Å². The average Bonchev–Trinajstić information content (AvgIpc) is 2.47. The average molecular weight is 340 g/mol. The second-order valence-corrected chi connectivity index (χ2v) is 7.11. The van der Waals surface area contributed by atoms with E-state index in [1.54, 1.807) is 13.0 Å². The zero-order chi connectivity index (χ0) is 16.3. The summed E-state index contributed by atoms with van der Waals surface area (Å²) in [6.45, 7) is 3.75. The molecule has 1 atom stereocenters. The number of methoxy groups -OCH3 is 1. The lowest BCUT2D eigenvalue weighted by Gasteiger charge is -2.18. The standard InChI is InChI=1S/C16H18ClNO3S/c1-11-6-4-5-7-14(11)12(2)18-22(19,20)16-10-13(17)8-9-15(16)21-3/h4-10,12,18H,1-3H3/t12-/m0/s1. The number of nitrogens with one attached hydrogen (secondary N) is 1. The molecule has 0 unspecified atom stereocenters. The number of rotatable bonds is 5. The fraction of sp³-hybridized carbons (Fsp3) is 0.250. The molecule has 0 fully saturated rings. The van der Waals surface area contributed by atoms with Crippen molar-refractivity contribution in [3.63, 3.8) is 0 Å². The molecule has 0 aliphatic heterocycles. The molecule has 0 heterocycles. The predicted octanol–water partition coefficient (Wildman–Crippen LogP) is 3.70. The summed E-state index contributed by atoms with van der Waals surface area (Å²) in [5.74, 6) is 0.258. The highest BCUT2D eigenvalue weighted by atomic mass is 35.5. The Bertz CT molecular complexity index is 775. The summed E-state index contributed by atoms with van der Waals surface area (Å²) in [4.78, 5) is 0.0305. The van der Waals surface area contributed by atoms with Gasteiger partial charge in [0.25, 0.3) is 0 Å². The number of ether oxygens (including phenoxy) is 1. The van der Waals surface area contributed by atoms with Crippen LogP contribution in [0.1, 0.15) is 24.1 Å². The maximum absolute atomic E-state index is 12.6. The molecule has 0 spiro atoms. The first-order valence-corrected chi connectivity index (χ1v) is 8.62. The minimum Gasteiger partial charge on any atom is -0.495 e. The van der Waals surface area contributed by atoms with E-state index in [4.69, 9.17) is 16.3 Å². The van der Waals surface area contributed by atoms with Gasteiger partial charge in [-0.1, -0.05) is 35.9 Å². The summed E-state index contributed by atoms with van der Waals surface area (Å²) < 4.78 is 33.0. The van der Waals surface area contributed by atoms with E-state index in [-0.39, 0.29) is 16.7 Å². The number of hydrogen-bond acceptors (Lipinski definition) is 3. The van der Waals surface area contributed by atoms with Crippen LogP contribution in [0.15, 0.2) is 47.4 Å². The van der Waals surface area contributed by atoms with Gasteiger partial charge in [-0.3, -0.25) is 0 Å². The Morgan fingerprint density at radius 2 is 1.86 bits per heavy atom. The van der Waals surface area contributed by atoms with E-state index in [0.29, 0.717) is 5.02 Å². The van der Waals surface area contributed by atoms with Crippen LogP contribution in [0.5, 0.6) is 5.75 Å². The van der Waals surface area contributed by atoms with Gasteiger partial charge in [0.15, 0.2) is 0 Å². The molecule has 0 aliphatic rings. The van der Waals surface area contributed by atoms with Gasteiger partial charge < -0.3 is 4.74 Å². The lowest BCUT2D eigenvalue weighted by molar-refractivity contribution is 0.402. The summed E-state index contributed by atoms with van der Waals surface area (Å²) >= 11 is 5.91. The normalized spacial score (nSPS) is 12.9. The first-order valence-electron chi connectivity index (χ1n) is 6.76. The smallest absolute Gasteiger partial charge is 0.244 e. The third-order valence-electron chi connectivity index (χ3n) is 3.40. The summed E-state index contributed by atoms with van der Waals surface area (Å²) in [6.07, 6.45) is 0. The summed E-state index contributed by atoms with van der Waals surface area (Å²) in [6, 6.07) is 11.8. The van der Waals surface area contributed by atoms with Gasteiger partial charge in [0.1, 0.15) is 10.6 Å². The third kappa shape index (κ3) is 3.61. The molecule has 2 rings (SSSR count). The quantitative estimate of drug-likeness (QED) is 0.903. The van der Waals surface area contributed by atoms with Gasteiger partial charge in [-0.2, -0.15) is 0 Å². The van der Waals surface area contributed by atoms with Crippen molar-refractivity contribution in [3.8, 4) is 5.75 Å². The van der Waals surface area contributed by atoms with Crippen LogP contribution in [0.3, 0.4) is 0 Å². The molecule has 4 nitrogen and oxygen atoms in total. The largest absolute Gasteiger partial charge is 0.495 e. The lowest BCUT2D eigenvalue weighted by atomic mass is 10.0. The number of hydrogen-bond donors (Lipinski definition) is 1. The molecule has 0 radical (unpaired) electrons. The Hall–Kier alpha value is -1.56. The molecule has 2 aromatic rings. The van der Waals surface area contributed by atoms with Crippen molar-refractivity contribution >= 4 is 21.6 Å². The van der Waals surface area contributed by atoms with Crippen LogP contribution >= 0.6 is 11.6 Å². The highest BCUT2D eigenvalue weighted by Crippen LogP contribution is 2.28. The molecule has 0 aliphatic carbocycles. The lowest BCUT2D eigenvalue weighted by Crippen LogP contribution is -2.27. The van der Waals surface area contributed by atoms with Crippen LogP contribution in [0.25, 0.3) is 0 Å². The van der Waals surface area contributed by atoms with E-state index in [9.17, 15) is 8.42 Å². The molecular weight excluding hydrogens is 322 g/mol. The number of benzene rings is 2. The second kappa shape index (κ2) is 6.69. The van der Waals surface area contributed by atoms with Crippen LogP contribution in [-0.2, 0) is 10.0 Å². The molecule has 2 aromatic carbocycles. The van der Waals surface area contributed by atoms with Crippen molar-refractivity contribution in [2.24, 2.45) is 0 Å². The van der Waals surface area contributed by atoms with E-state index >= 15 is 0 Å². The molecule has 22 heavy (non-hydrogen) atoms. The minimum absolute atomic E-state index is 0.0305. The monoisotopic (exact) mass is 339 g/mol. The molecule has 0 aromatic heterocycles. The SMILES string of the molecule is COc1ccc(Cl)cc1S(=O)(=O)N[C@@H](C)c1ccccc1C. The van der Waals surface area contributed by atoms with Gasteiger partial charge in [-0.05, 0) is 43.2 Å². The van der Waals surface area contributed by atoms with Crippen LogP contribution in [0.4, 0.5) is 0 Å². The summed E-state index contributed by atoms with van der Waals surface area (Å²) in [5, 5.41) is 0.338.